The van der Waals surface area contributed by atoms with Crippen LogP contribution in [0.1, 0.15) is 16.7 Å². The molecule has 0 amide bonds. The molecule has 106 valence electrons. The maximum atomic E-state index is 9.23. The summed E-state index contributed by atoms with van der Waals surface area (Å²) in [6.45, 7) is 1.62. The van der Waals surface area contributed by atoms with Crippen LogP contribution in [-0.2, 0) is 19.7 Å². The van der Waals surface area contributed by atoms with Crippen molar-refractivity contribution >= 4 is 0 Å². The predicted octanol–water partition coefficient (Wildman–Crippen LogP) is 2.21. The lowest BCUT2D eigenvalue weighted by Gasteiger charge is -2.19. The number of hydrogen-bond acceptors (Lipinski definition) is 4. The van der Waals surface area contributed by atoms with E-state index in [-0.39, 0.29) is 6.61 Å². The molecule has 0 saturated heterocycles. The average Bonchev–Trinajstić information content (AvgIpc) is 2.48. The lowest BCUT2D eigenvalue weighted by Crippen LogP contribution is -2.18. The molecule has 2 rings (SSSR count). The summed E-state index contributed by atoms with van der Waals surface area (Å²) in [7, 11) is 3.72. The number of aliphatic hydroxyl groups excluding tert-OH is 1. The molecular formula is C16H20N2O2. The maximum absolute atomic E-state index is 9.23. The molecule has 4 heteroatoms. The van der Waals surface area contributed by atoms with Gasteiger partial charge in [0.15, 0.2) is 0 Å². The number of methoxy groups -OCH3 is 1. The van der Waals surface area contributed by atoms with E-state index in [4.69, 9.17) is 4.74 Å². The van der Waals surface area contributed by atoms with E-state index >= 15 is 0 Å². The summed E-state index contributed by atoms with van der Waals surface area (Å²) in [4.78, 5) is 6.31. The smallest absolute Gasteiger partial charge is 0.123 e. The SMILES string of the molecule is COc1ccc(CO)cc1CN(C)Cc1cccnc1. The van der Waals surface area contributed by atoms with Gasteiger partial charge in [0.25, 0.3) is 0 Å². The maximum Gasteiger partial charge on any atom is 0.123 e. The van der Waals surface area contributed by atoms with Crippen LogP contribution in [0.3, 0.4) is 0 Å². The fourth-order valence-electron chi connectivity index (χ4n) is 2.20. The predicted molar refractivity (Wildman–Crippen MR) is 78.3 cm³/mol. The molecular weight excluding hydrogens is 252 g/mol. The standard InChI is InChI=1S/C16H20N2O2/c1-18(10-14-4-3-7-17-9-14)11-15-8-13(12-19)5-6-16(15)20-2/h3-9,19H,10-12H2,1-2H3. The Morgan fingerprint density at radius 3 is 2.70 bits per heavy atom. The number of aromatic nitrogens is 1. The second-order valence-corrected chi connectivity index (χ2v) is 4.84. The Kier molecular flexibility index (Phi) is 5.09. The van der Waals surface area contributed by atoms with E-state index in [1.54, 1.807) is 13.3 Å². The number of pyridine rings is 1. The molecule has 2 aromatic rings. The zero-order chi connectivity index (χ0) is 14.4. The molecule has 0 aliphatic heterocycles. The van der Waals surface area contributed by atoms with Crippen LogP contribution < -0.4 is 4.74 Å². The van der Waals surface area contributed by atoms with Crippen molar-refractivity contribution < 1.29 is 9.84 Å². The van der Waals surface area contributed by atoms with E-state index in [1.165, 1.54) is 5.56 Å². The number of rotatable bonds is 6. The fraction of sp³-hybridized carbons (Fsp3) is 0.312. The van der Waals surface area contributed by atoms with Crippen molar-refractivity contribution in [3.8, 4) is 5.75 Å². The summed E-state index contributed by atoms with van der Waals surface area (Å²) in [5.41, 5.74) is 3.15. The highest BCUT2D eigenvalue weighted by atomic mass is 16.5. The van der Waals surface area contributed by atoms with Gasteiger partial charge in [0, 0.05) is 31.0 Å². The fourth-order valence-corrected chi connectivity index (χ4v) is 2.20. The van der Waals surface area contributed by atoms with E-state index in [0.717, 1.165) is 30.0 Å². The summed E-state index contributed by atoms with van der Waals surface area (Å²) in [6, 6.07) is 9.77. The van der Waals surface area contributed by atoms with Gasteiger partial charge in [0.05, 0.1) is 13.7 Å². The Balaban J connectivity index is 2.08. The highest BCUT2D eigenvalue weighted by Crippen LogP contribution is 2.22. The van der Waals surface area contributed by atoms with Gasteiger partial charge in [-0.1, -0.05) is 12.1 Å². The molecule has 0 fully saturated rings. The quantitative estimate of drug-likeness (QED) is 0.876. The number of hydrogen-bond donors (Lipinski definition) is 1. The Hall–Kier alpha value is -1.91. The third kappa shape index (κ3) is 3.79. The van der Waals surface area contributed by atoms with Gasteiger partial charge in [-0.15, -0.1) is 0 Å². The zero-order valence-corrected chi connectivity index (χ0v) is 11.9. The van der Waals surface area contributed by atoms with Gasteiger partial charge in [-0.05, 0) is 36.4 Å². The lowest BCUT2D eigenvalue weighted by atomic mass is 10.1. The number of aliphatic hydroxyl groups is 1. The first-order chi connectivity index (χ1) is 9.72. The third-order valence-corrected chi connectivity index (χ3v) is 3.14. The average molecular weight is 272 g/mol. The van der Waals surface area contributed by atoms with E-state index in [1.807, 2.05) is 30.5 Å². The molecule has 0 unspecified atom stereocenters. The van der Waals surface area contributed by atoms with Crippen molar-refractivity contribution in [3.63, 3.8) is 0 Å². The van der Waals surface area contributed by atoms with Crippen molar-refractivity contribution in [1.82, 2.24) is 9.88 Å². The van der Waals surface area contributed by atoms with E-state index in [9.17, 15) is 5.11 Å². The number of benzene rings is 1. The molecule has 1 N–H and O–H groups in total. The van der Waals surface area contributed by atoms with Crippen LogP contribution in [0.25, 0.3) is 0 Å². The highest BCUT2D eigenvalue weighted by Gasteiger charge is 2.08. The van der Waals surface area contributed by atoms with Crippen molar-refractivity contribution in [1.29, 1.82) is 0 Å². The van der Waals surface area contributed by atoms with Crippen LogP contribution in [-0.4, -0.2) is 29.1 Å². The molecule has 20 heavy (non-hydrogen) atoms. The van der Waals surface area contributed by atoms with E-state index in [2.05, 4.69) is 23.0 Å². The van der Waals surface area contributed by atoms with Crippen molar-refractivity contribution in [2.45, 2.75) is 19.7 Å². The molecule has 4 nitrogen and oxygen atoms in total. The normalized spacial score (nSPS) is 10.8. The first-order valence-electron chi connectivity index (χ1n) is 6.57. The lowest BCUT2D eigenvalue weighted by molar-refractivity contribution is 0.280. The first kappa shape index (κ1) is 14.5. The van der Waals surface area contributed by atoms with Gasteiger partial charge in [-0.2, -0.15) is 0 Å². The Labute approximate surface area is 119 Å². The topological polar surface area (TPSA) is 45.6 Å². The monoisotopic (exact) mass is 272 g/mol. The molecule has 1 aromatic carbocycles. The molecule has 0 bridgehead atoms. The second kappa shape index (κ2) is 7.03. The summed E-state index contributed by atoms with van der Waals surface area (Å²) >= 11 is 0. The molecule has 1 aromatic heterocycles. The molecule has 1 heterocycles. The van der Waals surface area contributed by atoms with Crippen molar-refractivity contribution in [2.75, 3.05) is 14.2 Å². The van der Waals surface area contributed by atoms with Gasteiger partial charge >= 0.3 is 0 Å². The van der Waals surface area contributed by atoms with Gasteiger partial charge in [0.2, 0.25) is 0 Å². The molecule has 0 spiro atoms. The Morgan fingerprint density at radius 1 is 1.20 bits per heavy atom. The summed E-state index contributed by atoms with van der Waals surface area (Å²) in [5, 5.41) is 9.23. The summed E-state index contributed by atoms with van der Waals surface area (Å²) < 4.78 is 5.38. The van der Waals surface area contributed by atoms with Crippen LogP contribution in [0.2, 0.25) is 0 Å². The first-order valence-corrected chi connectivity index (χ1v) is 6.57. The number of nitrogens with zero attached hydrogens (tertiary/aromatic N) is 2. The van der Waals surface area contributed by atoms with Crippen molar-refractivity contribution in [2.24, 2.45) is 0 Å². The van der Waals surface area contributed by atoms with Crippen molar-refractivity contribution in [3.05, 3.63) is 59.4 Å². The third-order valence-electron chi connectivity index (χ3n) is 3.14. The van der Waals surface area contributed by atoms with Gasteiger partial charge in [-0.25, -0.2) is 0 Å². The minimum absolute atomic E-state index is 0.0450. The van der Waals surface area contributed by atoms with Crippen LogP contribution in [0, 0.1) is 0 Å². The van der Waals surface area contributed by atoms with Crippen LogP contribution in [0.4, 0.5) is 0 Å². The van der Waals surface area contributed by atoms with E-state index in [0.29, 0.717) is 0 Å². The van der Waals surface area contributed by atoms with Gasteiger partial charge in [0.1, 0.15) is 5.75 Å². The second-order valence-electron chi connectivity index (χ2n) is 4.84. The summed E-state index contributed by atoms with van der Waals surface area (Å²) in [5.74, 6) is 0.847. The Bertz CT molecular complexity index is 543. The number of ether oxygens (including phenoxy) is 1. The molecule has 0 radical (unpaired) electrons. The molecule has 0 aliphatic carbocycles. The zero-order valence-electron chi connectivity index (χ0n) is 11.9. The highest BCUT2D eigenvalue weighted by molar-refractivity contribution is 5.37. The minimum Gasteiger partial charge on any atom is -0.496 e. The summed E-state index contributed by atoms with van der Waals surface area (Å²) in [6.07, 6.45) is 3.65. The van der Waals surface area contributed by atoms with E-state index < -0.39 is 0 Å². The minimum atomic E-state index is 0.0450. The molecule has 0 aliphatic rings. The van der Waals surface area contributed by atoms with Gasteiger partial charge < -0.3 is 9.84 Å². The largest absolute Gasteiger partial charge is 0.496 e. The molecule has 0 atom stereocenters. The van der Waals surface area contributed by atoms with Crippen LogP contribution in [0.5, 0.6) is 5.75 Å². The van der Waals surface area contributed by atoms with Gasteiger partial charge in [-0.3, -0.25) is 9.88 Å². The molecule has 0 saturated carbocycles. The Morgan fingerprint density at radius 2 is 2.05 bits per heavy atom. The van der Waals surface area contributed by atoms with Crippen LogP contribution in [0.15, 0.2) is 42.7 Å². The van der Waals surface area contributed by atoms with Crippen LogP contribution >= 0.6 is 0 Å².